The van der Waals surface area contributed by atoms with Crippen LogP contribution in [0.2, 0.25) is 4.34 Å². The van der Waals surface area contributed by atoms with Gasteiger partial charge in [-0.25, -0.2) is 0 Å². The minimum Gasteiger partial charge on any atom is -0.363 e. The molecular weight excluding hydrogens is 242 g/mol. The first kappa shape index (κ1) is 10.2. The highest BCUT2D eigenvalue weighted by molar-refractivity contribution is 7.16. The quantitative estimate of drug-likeness (QED) is 0.891. The average Bonchev–Trinajstić information content (AvgIpc) is 2.87. The number of hydrogen-bond donors (Lipinski definition) is 1. The minimum absolute atomic E-state index is 0.383. The number of rotatable bonds is 2. The summed E-state index contributed by atoms with van der Waals surface area (Å²) in [5, 5.41) is 7.66. The van der Waals surface area contributed by atoms with E-state index in [9.17, 15) is 0 Å². The van der Waals surface area contributed by atoms with Crippen LogP contribution in [-0.4, -0.2) is 9.78 Å². The van der Waals surface area contributed by atoms with E-state index in [1.165, 1.54) is 10.4 Å². The van der Waals surface area contributed by atoms with Gasteiger partial charge in [-0.15, -0.1) is 11.3 Å². The maximum absolute atomic E-state index is 6.03. The molecule has 3 rings (SSSR count). The van der Waals surface area contributed by atoms with E-state index in [0.29, 0.717) is 6.04 Å². The van der Waals surface area contributed by atoms with Crippen LogP contribution in [-0.2, 0) is 13.5 Å². The predicted molar refractivity (Wildman–Crippen MR) is 67.2 cm³/mol. The van der Waals surface area contributed by atoms with E-state index in [2.05, 4.69) is 16.5 Å². The molecule has 16 heavy (non-hydrogen) atoms. The Balaban J connectivity index is 1.85. The molecule has 84 valence electrons. The number of anilines is 1. The zero-order valence-corrected chi connectivity index (χ0v) is 10.5. The van der Waals surface area contributed by atoms with Crippen molar-refractivity contribution in [3.05, 3.63) is 33.1 Å². The molecule has 1 N–H and O–H groups in total. The molecule has 0 amide bonds. The second kappa shape index (κ2) is 3.79. The van der Waals surface area contributed by atoms with Gasteiger partial charge >= 0.3 is 0 Å². The number of thiophene rings is 1. The Morgan fingerprint density at radius 3 is 3.25 bits per heavy atom. The maximum atomic E-state index is 6.03. The summed E-state index contributed by atoms with van der Waals surface area (Å²) in [5.74, 6) is 1.06. The zero-order valence-electron chi connectivity index (χ0n) is 8.90. The average molecular weight is 254 g/mol. The first-order valence-electron chi connectivity index (χ1n) is 5.26. The van der Waals surface area contributed by atoms with Crippen LogP contribution in [0, 0.1) is 0 Å². The van der Waals surface area contributed by atoms with Crippen molar-refractivity contribution in [3.8, 4) is 0 Å². The number of fused-ring (bicyclic) bond motifs is 1. The smallest absolute Gasteiger partial charge is 0.124 e. The van der Waals surface area contributed by atoms with Crippen molar-refractivity contribution in [1.29, 1.82) is 0 Å². The van der Waals surface area contributed by atoms with Crippen molar-refractivity contribution in [2.45, 2.75) is 18.9 Å². The molecule has 0 saturated heterocycles. The van der Waals surface area contributed by atoms with E-state index in [1.807, 2.05) is 17.8 Å². The van der Waals surface area contributed by atoms with E-state index in [1.54, 1.807) is 17.5 Å². The SMILES string of the molecule is Cn1nccc1NC1CCc2sc(Cl)cc21. The van der Waals surface area contributed by atoms with Gasteiger partial charge in [-0.1, -0.05) is 11.6 Å². The van der Waals surface area contributed by atoms with Gasteiger partial charge in [-0.05, 0) is 24.5 Å². The largest absolute Gasteiger partial charge is 0.363 e. The molecule has 2 aromatic rings. The second-order valence-corrected chi connectivity index (χ2v) is 5.77. The maximum Gasteiger partial charge on any atom is 0.124 e. The number of nitrogens with zero attached hydrogens (tertiary/aromatic N) is 2. The van der Waals surface area contributed by atoms with Gasteiger partial charge in [0.25, 0.3) is 0 Å². The molecule has 0 saturated carbocycles. The van der Waals surface area contributed by atoms with Crippen molar-refractivity contribution >= 4 is 28.8 Å². The molecule has 1 aliphatic carbocycles. The van der Waals surface area contributed by atoms with Gasteiger partial charge in [0.15, 0.2) is 0 Å². The highest BCUT2D eigenvalue weighted by Crippen LogP contribution is 2.40. The summed E-state index contributed by atoms with van der Waals surface area (Å²) in [7, 11) is 1.94. The van der Waals surface area contributed by atoms with Gasteiger partial charge in [0, 0.05) is 18.0 Å². The highest BCUT2D eigenvalue weighted by Gasteiger charge is 2.25. The van der Waals surface area contributed by atoms with Crippen LogP contribution in [0.4, 0.5) is 5.82 Å². The molecule has 2 heterocycles. The molecule has 0 radical (unpaired) electrons. The van der Waals surface area contributed by atoms with Crippen LogP contribution in [0.1, 0.15) is 22.9 Å². The lowest BCUT2D eigenvalue weighted by atomic mass is 10.2. The van der Waals surface area contributed by atoms with E-state index < -0.39 is 0 Å². The zero-order chi connectivity index (χ0) is 11.1. The van der Waals surface area contributed by atoms with Crippen LogP contribution >= 0.6 is 22.9 Å². The van der Waals surface area contributed by atoms with E-state index in [-0.39, 0.29) is 0 Å². The van der Waals surface area contributed by atoms with Gasteiger partial charge in [-0.3, -0.25) is 4.68 Å². The molecule has 1 unspecified atom stereocenters. The third-order valence-corrected chi connectivity index (χ3v) is 4.33. The Morgan fingerprint density at radius 1 is 1.62 bits per heavy atom. The van der Waals surface area contributed by atoms with Crippen molar-refractivity contribution in [3.63, 3.8) is 0 Å². The Hall–Kier alpha value is -1.00. The van der Waals surface area contributed by atoms with Gasteiger partial charge in [0.2, 0.25) is 0 Å². The fourth-order valence-corrected chi connectivity index (χ4v) is 3.53. The summed E-state index contributed by atoms with van der Waals surface area (Å²) >= 11 is 7.73. The lowest BCUT2D eigenvalue weighted by Crippen LogP contribution is -2.10. The van der Waals surface area contributed by atoms with E-state index >= 15 is 0 Å². The van der Waals surface area contributed by atoms with Crippen molar-refractivity contribution in [2.75, 3.05) is 5.32 Å². The van der Waals surface area contributed by atoms with Gasteiger partial charge in [-0.2, -0.15) is 5.10 Å². The Morgan fingerprint density at radius 2 is 2.50 bits per heavy atom. The number of nitrogens with one attached hydrogen (secondary N) is 1. The third-order valence-electron chi connectivity index (χ3n) is 2.99. The van der Waals surface area contributed by atoms with Gasteiger partial charge in [0.05, 0.1) is 16.6 Å². The van der Waals surface area contributed by atoms with Crippen molar-refractivity contribution in [2.24, 2.45) is 7.05 Å². The molecule has 1 atom stereocenters. The molecule has 0 aliphatic heterocycles. The Kier molecular flexibility index (Phi) is 2.41. The highest BCUT2D eigenvalue weighted by atomic mass is 35.5. The first-order chi connectivity index (χ1) is 7.74. The van der Waals surface area contributed by atoms with Crippen LogP contribution in [0.15, 0.2) is 18.3 Å². The summed E-state index contributed by atoms with van der Waals surface area (Å²) in [4.78, 5) is 1.42. The molecule has 0 spiro atoms. The van der Waals surface area contributed by atoms with E-state index in [4.69, 9.17) is 11.6 Å². The topological polar surface area (TPSA) is 29.9 Å². The fraction of sp³-hybridized carbons (Fsp3) is 0.364. The van der Waals surface area contributed by atoms with Crippen LogP contribution in [0.25, 0.3) is 0 Å². The van der Waals surface area contributed by atoms with E-state index in [0.717, 1.165) is 23.0 Å². The van der Waals surface area contributed by atoms with Crippen LogP contribution in [0.5, 0.6) is 0 Å². The summed E-state index contributed by atoms with van der Waals surface area (Å²) in [6.07, 6.45) is 4.07. The molecule has 1 aliphatic rings. The summed E-state index contributed by atoms with van der Waals surface area (Å²) < 4.78 is 2.74. The standard InChI is InChI=1S/C11H12ClN3S/c1-15-11(4-5-13-15)14-8-2-3-9-7(8)6-10(12)16-9/h4-6,8,14H,2-3H2,1H3. The molecule has 2 aromatic heterocycles. The molecule has 0 aromatic carbocycles. The molecule has 0 bridgehead atoms. The Bertz CT molecular complexity index is 517. The fourth-order valence-electron chi connectivity index (χ4n) is 2.17. The molecule has 0 fully saturated rings. The molecule has 3 nitrogen and oxygen atoms in total. The minimum atomic E-state index is 0.383. The lowest BCUT2D eigenvalue weighted by Gasteiger charge is -2.14. The Labute approximate surface area is 103 Å². The monoisotopic (exact) mass is 253 g/mol. The number of hydrogen-bond acceptors (Lipinski definition) is 3. The first-order valence-corrected chi connectivity index (χ1v) is 6.46. The van der Waals surface area contributed by atoms with Crippen molar-refractivity contribution in [1.82, 2.24) is 9.78 Å². The van der Waals surface area contributed by atoms with Crippen molar-refractivity contribution < 1.29 is 0 Å². The third kappa shape index (κ3) is 1.62. The second-order valence-electron chi connectivity index (χ2n) is 4.00. The van der Waals surface area contributed by atoms with Crippen LogP contribution < -0.4 is 5.32 Å². The van der Waals surface area contributed by atoms with Gasteiger partial charge < -0.3 is 5.32 Å². The molecular formula is C11H12ClN3S. The van der Waals surface area contributed by atoms with Gasteiger partial charge in [0.1, 0.15) is 5.82 Å². The summed E-state index contributed by atoms with van der Waals surface area (Å²) in [6, 6.07) is 4.46. The normalized spacial score (nSPS) is 18.8. The number of aromatic nitrogens is 2. The lowest BCUT2D eigenvalue weighted by molar-refractivity contribution is 0.717. The molecule has 5 heteroatoms. The van der Waals surface area contributed by atoms with Crippen LogP contribution in [0.3, 0.4) is 0 Å². The summed E-state index contributed by atoms with van der Waals surface area (Å²) in [6.45, 7) is 0. The predicted octanol–water partition coefficient (Wildman–Crippen LogP) is 3.23. The number of aryl methyl sites for hydroxylation is 2. The number of halogens is 1. The summed E-state index contributed by atoms with van der Waals surface area (Å²) in [5.41, 5.74) is 1.36.